The standard InChI is InChI=1S/C13H14F3N3/c14-13(15,16)9-5-3-8(4-6-9)11-18-10-2-1-7-17-12(10)19-11/h1-2,7-9H,3-6H2,(H,17,18,19). The SMILES string of the molecule is FC(F)(F)C1CCC(c2nc3ncccc3[nH]2)CC1. The maximum atomic E-state index is 12.6. The molecule has 0 aliphatic heterocycles. The van der Waals surface area contributed by atoms with Crippen molar-refractivity contribution in [2.75, 3.05) is 0 Å². The van der Waals surface area contributed by atoms with Crippen LogP contribution in [-0.4, -0.2) is 21.1 Å². The second-order valence-electron chi connectivity index (χ2n) is 5.09. The summed E-state index contributed by atoms with van der Waals surface area (Å²) in [4.78, 5) is 11.7. The van der Waals surface area contributed by atoms with Crippen LogP contribution >= 0.6 is 0 Å². The Bertz CT molecular complexity index is 535. The van der Waals surface area contributed by atoms with E-state index in [0.717, 1.165) is 11.3 Å². The van der Waals surface area contributed by atoms with E-state index in [4.69, 9.17) is 0 Å². The molecule has 2 aromatic rings. The number of nitrogens with zero attached hydrogens (tertiary/aromatic N) is 2. The van der Waals surface area contributed by atoms with Gasteiger partial charge >= 0.3 is 6.18 Å². The number of H-pyrrole nitrogens is 1. The van der Waals surface area contributed by atoms with E-state index in [0.29, 0.717) is 18.5 Å². The molecule has 2 aromatic heterocycles. The van der Waals surface area contributed by atoms with Gasteiger partial charge in [-0.25, -0.2) is 9.97 Å². The molecule has 0 spiro atoms. The van der Waals surface area contributed by atoms with Gasteiger partial charge < -0.3 is 4.98 Å². The number of fused-ring (bicyclic) bond motifs is 1. The summed E-state index contributed by atoms with van der Waals surface area (Å²) in [6, 6.07) is 3.69. The summed E-state index contributed by atoms with van der Waals surface area (Å²) in [7, 11) is 0. The Morgan fingerprint density at radius 2 is 1.89 bits per heavy atom. The van der Waals surface area contributed by atoms with Crippen LogP contribution in [0.3, 0.4) is 0 Å². The maximum Gasteiger partial charge on any atom is 0.391 e. The van der Waals surface area contributed by atoms with Gasteiger partial charge in [0.15, 0.2) is 5.65 Å². The van der Waals surface area contributed by atoms with Gasteiger partial charge in [-0.15, -0.1) is 0 Å². The van der Waals surface area contributed by atoms with Crippen LogP contribution in [-0.2, 0) is 0 Å². The van der Waals surface area contributed by atoms with Gasteiger partial charge in [0, 0.05) is 12.1 Å². The van der Waals surface area contributed by atoms with Gasteiger partial charge in [0.1, 0.15) is 5.82 Å². The molecular formula is C13H14F3N3. The van der Waals surface area contributed by atoms with Crippen molar-refractivity contribution in [1.29, 1.82) is 0 Å². The minimum atomic E-state index is -4.06. The number of imidazole rings is 1. The molecule has 0 bridgehead atoms. The number of hydrogen-bond acceptors (Lipinski definition) is 2. The molecule has 1 aliphatic carbocycles. The van der Waals surface area contributed by atoms with Crippen LogP contribution in [0.5, 0.6) is 0 Å². The molecule has 0 saturated heterocycles. The predicted molar refractivity (Wildman–Crippen MR) is 64.6 cm³/mol. The number of halogens is 3. The lowest BCUT2D eigenvalue weighted by Crippen LogP contribution is -2.27. The summed E-state index contributed by atoms with van der Waals surface area (Å²) >= 11 is 0. The van der Waals surface area contributed by atoms with E-state index >= 15 is 0 Å². The first kappa shape index (κ1) is 12.4. The van der Waals surface area contributed by atoms with Crippen LogP contribution in [0.1, 0.15) is 37.4 Å². The largest absolute Gasteiger partial charge is 0.391 e. The predicted octanol–water partition coefficient (Wildman–Crippen LogP) is 3.79. The Hall–Kier alpha value is -1.59. The fourth-order valence-corrected chi connectivity index (χ4v) is 2.75. The number of alkyl halides is 3. The fourth-order valence-electron chi connectivity index (χ4n) is 2.75. The number of aromatic nitrogens is 3. The first-order chi connectivity index (χ1) is 9.04. The van der Waals surface area contributed by atoms with Crippen LogP contribution in [0.4, 0.5) is 13.2 Å². The molecular weight excluding hydrogens is 255 g/mol. The van der Waals surface area contributed by atoms with Crippen LogP contribution in [0.15, 0.2) is 18.3 Å². The first-order valence-electron chi connectivity index (χ1n) is 6.41. The van der Waals surface area contributed by atoms with Crippen molar-refractivity contribution in [3.63, 3.8) is 0 Å². The Morgan fingerprint density at radius 1 is 1.16 bits per heavy atom. The van der Waals surface area contributed by atoms with Gasteiger partial charge in [-0.2, -0.15) is 13.2 Å². The highest BCUT2D eigenvalue weighted by Gasteiger charge is 2.41. The van der Waals surface area contributed by atoms with Gasteiger partial charge in [0.25, 0.3) is 0 Å². The maximum absolute atomic E-state index is 12.6. The molecule has 0 atom stereocenters. The minimum Gasteiger partial charge on any atom is -0.340 e. The van der Waals surface area contributed by atoms with E-state index in [1.54, 1.807) is 6.20 Å². The molecule has 6 heteroatoms. The average molecular weight is 269 g/mol. The fraction of sp³-hybridized carbons (Fsp3) is 0.538. The lowest BCUT2D eigenvalue weighted by molar-refractivity contribution is -0.182. The number of aromatic amines is 1. The van der Waals surface area contributed by atoms with Crippen molar-refractivity contribution < 1.29 is 13.2 Å². The van der Waals surface area contributed by atoms with Gasteiger partial charge in [-0.05, 0) is 37.8 Å². The van der Waals surface area contributed by atoms with E-state index in [9.17, 15) is 13.2 Å². The van der Waals surface area contributed by atoms with Gasteiger partial charge in [-0.3, -0.25) is 0 Å². The molecule has 102 valence electrons. The molecule has 0 radical (unpaired) electrons. The summed E-state index contributed by atoms with van der Waals surface area (Å²) in [5.74, 6) is -0.284. The zero-order valence-electron chi connectivity index (χ0n) is 10.2. The zero-order chi connectivity index (χ0) is 13.5. The highest BCUT2D eigenvalue weighted by atomic mass is 19.4. The molecule has 1 N–H and O–H groups in total. The highest BCUT2D eigenvalue weighted by Crippen LogP contribution is 2.42. The summed E-state index contributed by atoms with van der Waals surface area (Å²) in [6.45, 7) is 0. The van der Waals surface area contributed by atoms with Crippen LogP contribution in [0.25, 0.3) is 11.2 Å². The van der Waals surface area contributed by atoms with Crippen molar-refractivity contribution in [3.05, 3.63) is 24.2 Å². The minimum absolute atomic E-state index is 0.0906. The number of hydrogen-bond donors (Lipinski definition) is 1. The molecule has 0 unspecified atom stereocenters. The van der Waals surface area contributed by atoms with Crippen LogP contribution in [0.2, 0.25) is 0 Å². The smallest absolute Gasteiger partial charge is 0.340 e. The Balaban J connectivity index is 1.74. The van der Waals surface area contributed by atoms with Crippen molar-refractivity contribution >= 4 is 11.2 Å². The zero-order valence-corrected chi connectivity index (χ0v) is 10.2. The number of nitrogens with one attached hydrogen (secondary N) is 1. The summed E-state index contributed by atoms with van der Waals surface area (Å²) in [6.07, 6.45) is -0.945. The van der Waals surface area contributed by atoms with Gasteiger partial charge in [0.2, 0.25) is 0 Å². The van der Waals surface area contributed by atoms with Crippen molar-refractivity contribution in [2.45, 2.75) is 37.8 Å². The van der Waals surface area contributed by atoms with Gasteiger partial charge in [0.05, 0.1) is 11.4 Å². The molecule has 1 aliphatic rings. The number of rotatable bonds is 1. The Morgan fingerprint density at radius 3 is 2.53 bits per heavy atom. The lowest BCUT2D eigenvalue weighted by atomic mass is 9.81. The first-order valence-corrected chi connectivity index (χ1v) is 6.41. The average Bonchev–Trinajstić information content (AvgIpc) is 2.81. The van der Waals surface area contributed by atoms with Gasteiger partial charge in [-0.1, -0.05) is 0 Å². The van der Waals surface area contributed by atoms with E-state index in [1.807, 2.05) is 12.1 Å². The van der Waals surface area contributed by atoms with E-state index in [2.05, 4.69) is 15.0 Å². The normalized spacial score (nSPS) is 24.8. The van der Waals surface area contributed by atoms with Crippen molar-refractivity contribution in [2.24, 2.45) is 5.92 Å². The lowest BCUT2D eigenvalue weighted by Gasteiger charge is -2.28. The van der Waals surface area contributed by atoms with Crippen LogP contribution < -0.4 is 0 Å². The molecule has 0 amide bonds. The molecule has 0 aromatic carbocycles. The molecule has 19 heavy (non-hydrogen) atoms. The molecule has 2 heterocycles. The molecule has 1 saturated carbocycles. The molecule has 1 fully saturated rings. The van der Waals surface area contributed by atoms with E-state index < -0.39 is 12.1 Å². The monoisotopic (exact) mass is 269 g/mol. The third-order valence-electron chi connectivity index (χ3n) is 3.85. The second kappa shape index (κ2) is 4.51. The Labute approximate surface area is 108 Å². The number of pyridine rings is 1. The molecule has 3 rings (SSSR count). The third kappa shape index (κ3) is 2.43. The quantitative estimate of drug-likeness (QED) is 0.855. The Kier molecular flexibility index (Phi) is 2.95. The topological polar surface area (TPSA) is 41.6 Å². The van der Waals surface area contributed by atoms with E-state index in [1.165, 1.54) is 0 Å². The van der Waals surface area contributed by atoms with Crippen molar-refractivity contribution in [1.82, 2.24) is 15.0 Å². The second-order valence-corrected chi connectivity index (χ2v) is 5.09. The highest BCUT2D eigenvalue weighted by molar-refractivity contribution is 5.70. The van der Waals surface area contributed by atoms with E-state index in [-0.39, 0.29) is 18.8 Å². The summed E-state index contributed by atoms with van der Waals surface area (Å²) in [5, 5.41) is 0. The summed E-state index contributed by atoms with van der Waals surface area (Å²) < 4.78 is 37.8. The van der Waals surface area contributed by atoms with Crippen molar-refractivity contribution in [3.8, 4) is 0 Å². The summed E-state index contributed by atoms with van der Waals surface area (Å²) in [5.41, 5.74) is 1.48. The van der Waals surface area contributed by atoms with Crippen LogP contribution in [0, 0.1) is 5.92 Å². The molecule has 3 nitrogen and oxygen atoms in total. The third-order valence-corrected chi connectivity index (χ3v) is 3.85.